The van der Waals surface area contributed by atoms with Gasteiger partial charge in [-0.2, -0.15) is 4.39 Å². The summed E-state index contributed by atoms with van der Waals surface area (Å²) in [5, 5.41) is 2.74. The van der Waals surface area contributed by atoms with Gasteiger partial charge in [0.05, 0.1) is 6.04 Å². The first-order valence-corrected chi connectivity index (χ1v) is 9.65. The largest absolute Gasteiger partial charge is 0.480 e. The van der Waals surface area contributed by atoms with E-state index in [1.807, 2.05) is 0 Å². The van der Waals surface area contributed by atoms with Gasteiger partial charge >= 0.3 is 0 Å². The van der Waals surface area contributed by atoms with Crippen molar-refractivity contribution in [3.8, 4) is 5.75 Å². The number of ketones is 1. The smallest absolute Gasteiger partial charge is 0.223 e. The summed E-state index contributed by atoms with van der Waals surface area (Å²) in [4.78, 5) is 24.9. The molecule has 3 N–H and O–H groups in total. The molecule has 28 heavy (non-hydrogen) atoms. The standard InChI is InChI=1S/C20H27F3N2O3/c1-12-10-14(21)18(23)19(17(12)22)28-11-16(26)15(8-4-5-9-24)25-20(27)13-6-2-3-7-13/h10,13,15H,2-9,11,24H2,1H3,(H,25,27)/t15-/m0/s1. The molecule has 0 bridgehead atoms. The number of carbonyl (C=O) groups is 2. The first-order valence-electron chi connectivity index (χ1n) is 9.65. The summed E-state index contributed by atoms with van der Waals surface area (Å²) in [6.07, 6.45) is 5.16. The van der Waals surface area contributed by atoms with Crippen LogP contribution in [0.1, 0.15) is 50.5 Å². The third-order valence-electron chi connectivity index (χ3n) is 5.03. The first kappa shape index (κ1) is 22.2. The number of benzene rings is 1. The highest BCUT2D eigenvalue weighted by molar-refractivity contribution is 5.90. The minimum absolute atomic E-state index is 0.119. The Labute approximate surface area is 162 Å². The second-order valence-electron chi connectivity index (χ2n) is 7.21. The molecule has 0 saturated heterocycles. The minimum atomic E-state index is -1.48. The summed E-state index contributed by atoms with van der Waals surface area (Å²) in [5.74, 6) is -5.55. The van der Waals surface area contributed by atoms with Crippen LogP contribution < -0.4 is 15.8 Å². The molecule has 1 fully saturated rings. The van der Waals surface area contributed by atoms with E-state index >= 15 is 0 Å². The maximum absolute atomic E-state index is 14.0. The molecule has 0 radical (unpaired) electrons. The van der Waals surface area contributed by atoms with E-state index in [0.29, 0.717) is 25.8 Å². The predicted molar refractivity (Wildman–Crippen MR) is 98.3 cm³/mol. The summed E-state index contributed by atoms with van der Waals surface area (Å²) in [5.41, 5.74) is 5.34. The Kier molecular flexibility index (Phi) is 8.29. The first-order chi connectivity index (χ1) is 13.3. The fourth-order valence-corrected chi connectivity index (χ4v) is 3.36. The van der Waals surface area contributed by atoms with Crippen LogP contribution in [0.5, 0.6) is 5.75 Å². The van der Waals surface area contributed by atoms with Gasteiger partial charge < -0.3 is 15.8 Å². The van der Waals surface area contributed by atoms with Crippen LogP contribution >= 0.6 is 0 Å². The lowest BCUT2D eigenvalue weighted by molar-refractivity contribution is -0.131. The van der Waals surface area contributed by atoms with Crippen molar-refractivity contribution < 1.29 is 27.5 Å². The third kappa shape index (κ3) is 5.70. The van der Waals surface area contributed by atoms with Crippen LogP contribution in [-0.2, 0) is 9.59 Å². The Balaban J connectivity index is 2.04. The van der Waals surface area contributed by atoms with Gasteiger partial charge in [-0.15, -0.1) is 0 Å². The lowest BCUT2D eigenvalue weighted by Crippen LogP contribution is -2.45. The van der Waals surface area contributed by atoms with Crippen LogP contribution in [0, 0.1) is 30.3 Å². The van der Waals surface area contributed by atoms with Gasteiger partial charge in [0.15, 0.2) is 23.2 Å². The van der Waals surface area contributed by atoms with Gasteiger partial charge in [0, 0.05) is 5.92 Å². The fourth-order valence-electron chi connectivity index (χ4n) is 3.36. The molecule has 8 heteroatoms. The molecule has 156 valence electrons. The molecule has 0 heterocycles. The number of unbranched alkanes of at least 4 members (excludes halogenated alkanes) is 1. The topological polar surface area (TPSA) is 81.4 Å². The SMILES string of the molecule is Cc1cc(F)c(F)c(OCC(=O)[C@H](CCCCN)NC(=O)C2CCCC2)c1F. The second-order valence-corrected chi connectivity index (χ2v) is 7.21. The molecule has 5 nitrogen and oxygen atoms in total. The van der Waals surface area contributed by atoms with E-state index in [0.717, 1.165) is 31.7 Å². The predicted octanol–water partition coefficient (Wildman–Crippen LogP) is 3.16. The second kappa shape index (κ2) is 10.5. The number of aryl methyl sites for hydroxylation is 1. The minimum Gasteiger partial charge on any atom is -0.480 e. The number of nitrogens with two attached hydrogens (primary N) is 1. The molecule has 1 aliphatic carbocycles. The van der Waals surface area contributed by atoms with E-state index in [-0.39, 0.29) is 17.4 Å². The van der Waals surface area contributed by atoms with Crippen LogP contribution in [-0.4, -0.2) is 30.9 Å². The third-order valence-corrected chi connectivity index (χ3v) is 5.03. The van der Waals surface area contributed by atoms with Gasteiger partial charge in [0.2, 0.25) is 11.7 Å². The van der Waals surface area contributed by atoms with Gasteiger partial charge in [-0.25, -0.2) is 8.78 Å². The normalized spacial score (nSPS) is 15.5. The number of hydrogen-bond acceptors (Lipinski definition) is 4. The molecule has 2 rings (SSSR count). The van der Waals surface area contributed by atoms with Gasteiger partial charge in [-0.1, -0.05) is 12.8 Å². The van der Waals surface area contributed by atoms with Crippen LogP contribution in [0.25, 0.3) is 0 Å². The summed E-state index contributed by atoms with van der Waals surface area (Å²) < 4.78 is 46.3. The number of ether oxygens (including phenoxy) is 1. The average Bonchev–Trinajstić information content (AvgIpc) is 3.20. The van der Waals surface area contributed by atoms with Crippen molar-refractivity contribution >= 4 is 11.7 Å². The van der Waals surface area contributed by atoms with Crippen LogP contribution in [0.15, 0.2) is 6.07 Å². The highest BCUT2D eigenvalue weighted by Gasteiger charge is 2.28. The number of hydrogen-bond donors (Lipinski definition) is 2. The Bertz CT molecular complexity index is 680. The van der Waals surface area contributed by atoms with Crippen LogP contribution in [0.2, 0.25) is 0 Å². The van der Waals surface area contributed by atoms with Crippen LogP contribution in [0.4, 0.5) is 13.2 Å². The number of Topliss-reactive ketones (excluding diaryl/α,β-unsaturated/α-hetero) is 1. The maximum atomic E-state index is 14.0. The summed E-state index contributed by atoms with van der Waals surface area (Å²) in [6, 6.07) is -0.114. The van der Waals surface area contributed by atoms with E-state index in [2.05, 4.69) is 5.32 Å². The lowest BCUT2D eigenvalue weighted by atomic mass is 10.0. The Morgan fingerprint density at radius 2 is 1.89 bits per heavy atom. The zero-order chi connectivity index (χ0) is 20.7. The van der Waals surface area contributed by atoms with Gasteiger partial charge in [0.1, 0.15) is 6.61 Å². The van der Waals surface area contributed by atoms with E-state index in [9.17, 15) is 22.8 Å². The molecule has 1 aromatic carbocycles. The van der Waals surface area contributed by atoms with Gasteiger partial charge in [-0.05, 0) is 57.2 Å². The zero-order valence-electron chi connectivity index (χ0n) is 16.0. The fraction of sp³-hybridized carbons (Fsp3) is 0.600. The molecule has 1 atom stereocenters. The van der Waals surface area contributed by atoms with Crippen molar-refractivity contribution in [2.75, 3.05) is 13.2 Å². The molecule has 0 aliphatic heterocycles. The number of nitrogens with one attached hydrogen (secondary N) is 1. The summed E-state index contributed by atoms with van der Waals surface area (Å²) in [6.45, 7) is 1.05. The molecule has 0 aromatic heterocycles. The molecule has 1 aromatic rings. The van der Waals surface area contributed by atoms with Crippen molar-refractivity contribution in [1.82, 2.24) is 5.32 Å². The van der Waals surface area contributed by atoms with E-state index in [1.165, 1.54) is 6.92 Å². The summed E-state index contributed by atoms with van der Waals surface area (Å²) in [7, 11) is 0. The summed E-state index contributed by atoms with van der Waals surface area (Å²) >= 11 is 0. The highest BCUT2D eigenvalue weighted by atomic mass is 19.2. The molecule has 0 spiro atoms. The molecule has 1 amide bonds. The monoisotopic (exact) mass is 400 g/mol. The number of rotatable bonds is 10. The van der Waals surface area contributed by atoms with E-state index < -0.39 is 41.6 Å². The number of carbonyl (C=O) groups excluding carboxylic acids is 2. The zero-order valence-corrected chi connectivity index (χ0v) is 16.0. The van der Waals surface area contributed by atoms with Crippen molar-refractivity contribution in [3.05, 3.63) is 29.1 Å². The van der Waals surface area contributed by atoms with Crippen molar-refractivity contribution in [2.24, 2.45) is 11.7 Å². The van der Waals surface area contributed by atoms with Gasteiger partial charge in [0.25, 0.3) is 0 Å². The van der Waals surface area contributed by atoms with Crippen molar-refractivity contribution in [3.63, 3.8) is 0 Å². The number of halogens is 3. The van der Waals surface area contributed by atoms with Crippen molar-refractivity contribution in [1.29, 1.82) is 0 Å². The van der Waals surface area contributed by atoms with Crippen molar-refractivity contribution in [2.45, 2.75) is 57.9 Å². The molecular formula is C20H27F3N2O3. The average molecular weight is 400 g/mol. The van der Waals surface area contributed by atoms with Crippen LogP contribution in [0.3, 0.4) is 0 Å². The van der Waals surface area contributed by atoms with E-state index in [4.69, 9.17) is 10.5 Å². The Morgan fingerprint density at radius 3 is 2.54 bits per heavy atom. The Hall–Kier alpha value is -2.09. The molecule has 1 aliphatic rings. The molecule has 0 unspecified atom stereocenters. The van der Waals surface area contributed by atoms with Gasteiger partial charge in [-0.3, -0.25) is 9.59 Å². The number of amides is 1. The quantitative estimate of drug-likeness (QED) is 0.467. The molecule has 1 saturated carbocycles. The molecular weight excluding hydrogens is 373 g/mol. The lowest BCUT2D eigenvalue weighted by Gasteiger charge is -2.20. The maximum Gasteiger partial charge on any atom is 0.223 e. The Morgan fingerprint density at radius 1 is 1.21 bits per heavy atom. The van der Waals surface area contributed by atoms with E-state index in [1.54, 1.807) is 0 Å². The highest BCUT2D eigenvalue weighted by Crippen LogP contribution is 2.27.